The van der Waals surface area contributed by atoms with Crippen LogP contribution in [-0.2, 0) is 9.47 Å². The van der Waals surface area contributed by atoms with Crippen molar-refractivity contribution in [2.75, 3.05) is 51.0 Å². The van der Waals surface area contributed by atoms with E-state index in [-0.39, 0.29) is 11.5 Å². The molecule has 33 heavy (non-hydrogen) atoms. The second-order valence-electron chi connectivity index (χ2n) is 5.65. The molecule has 0 atom stereocenters. The molecule has 1 N–H and O–H groups in total. The Morgan fingerprint density at radius 3 is 1.64 bits per heavy atom. The molecule has 8 nitrogen and oxygen atoms in total. The molecule has 0 fully saturated rings. The molecule has 0 spiro atoms. The van der Waals surface area contributed by atoms with Crippen LogP contribution >= 0.6 is 47.8 Å². The predicted molar refractivity (Wildman–Crippen MR) is 137 cm³/mol. The van der Waals surface area contributed by atoms with Gasteiger partial charge >= 0.3 is 11.9 Å². The third kappa shape index (κ3) is 11.6. The molecule has 11 heteroatoms. The molecule has 0 saturated carbocycles. The molecular weight excluding hydrogens is 632 g/mol. The van der Waals surface area contributed by atoms with Crippen LogP contribution in [0.15, 0.2) is 36.4 Å². The standard InChI is InChI=1S/C11H13BrO4.C9H10O4.C2H4Br2/c1-14-10-7-8(11(13)15-2)3-4-9(10)16-6-5-12;1-12-8-5-6(9(11)13-2)3-4-7(8)10;3-1-2-4/h3-4,7H,5-6H2,1-2H3;3-5,10H,1-2H3;1-2H2. The van der Waals surface area contributed by atoms with Crippen molar-refractivity contribution in [1.29, 1.82) is 0 Å². The van der Waals surface area contributed by atoms with Gasteiger partial charge in [-0.15, -0.1) is 0 Å². The van der Waals surface area contributed by atoms with E-state index in [1.807, 2.05) is 0 Å². The van der Waals surface area contributed by atoms with Crippen LogP contribution in [0, 0.1) is 0 Å². The summed E-state index contributed by atoms with van der Waals surface area (Å²) in [4.78, 5) is 22.3. The van der Waals surface area contributed by atoms with Crippen molar-refractivity contribution >= 4 is 59.7 Å². The summed E-state index contributed by atoms with van der Waals surface area (Å²) >= 11 is 9.67. The van der Waals surface area contributed by atoms with Crippen LogP contribution in [0.1, 0.15) is 20.7 Å². The van der Waals surface area contributed by atoms with Gasteiger partial charge < -0.3 is 28.8 Å². The number of methoxy groups -OCH3 is 4. The smallest absolute Gasteiger partial charge is 0.337 e. The lowest BCUT2D eigenvalue weighted by Crippen LogP contribution is -2.04. The predicted octanol–water partition coefficient (Wildman–Crippen LogP) is 5.22. The Morgan fingerprint density at radius 2 is 1.21 bits per heavy atom. The van der Waals surface area contributed by atoms with E-state index < -0.39 is 11.9 Å². The Bertz CT molecular complexity index is 860. The molecule has 2 aromatic carbocycles. The summed E-state index contributed by atoms with van der Waals surface area (Å²) in [6, 6.07) is 9.18. The minimum atomic E-state index is -0.460. The number of aromatic hydroxyl groups is 1. The topological polar surface area (TPSA) is 101 Å². The highest BCUT2D eigenvalue weighted by atomic mass is 79.9. The van der Waals surface area contributed by atoms with Crippen LogP contribution in [-0.4, -0.2) is 68.1 Å². The van der Waals surface area contributed by atoms with Gasteiger partial charge in [0.1, 0.15) is 0 Å². The molecule has 0 amide bonds. The van der Waals surface area contributed by atoms with Crippen molar-refractivity contribution in [3.63, 3.8) is 0 Å². The van der Waals surface area contributed by atoms with E-state index in [4.69, 9.17) is 14.2 Å². The zero-order chi connectivity index (χ0) is 25.2. The van der Waals surface area contributed by atoms with E-state index >= 15 is 0 Å². The lowest BCUT2D eigenvalue weighted by molar-refractivity contribution is 0.0591. The number of carbonyl (C=O) groups is 2. The monoisotopic (exact) mass is 656 g/mol. The summed E-state index contributed by atoms with van der Waals surface area (Å²) in [6.07, 6.45) is 0. The Hall–Kier alpha value is -1.98. The van der Waals surface area contributed by atoms with E-state index in [2.05, 4.69) is 57.3 Å². The Kier molecular flexibility index (Phi) is 17.3. The first-order valence-corrected chi connectivity index (χ1v) is 12.7. The second kappa shape index (κ2) is 18.4. The molecule has 2 rings (SSSR count). The molecule has 0 aromatic heterocycles. The third-order valence-electron chi connectivity index (χ3n) is 3.59. The molecular formula is C22H27Br3O8. The quantitative estimate of drug-likeness (QED) is 0.305. The lowest BCUT2D eigenvalue weighted by Gasteiger charge is -2.10. The average molecular weight is 659 g/mol. The molecule has 0 aliphatic carbocycles. The summed E-state index contributed by atoms with van der Waals surface area (Å²) in [7, 11) is 5.57. The highest BCUT2D eigenvalue weighted by molar-refractivity contribution is 9.12. The molecule has 0 saturated heterocycles. The Labute approximate surface area is 218 Å². The molecule has 0 unspecified atom stereocenters. The SMILES string of the molecule is BrCCBr.COC(=O)c1ccc(O)c(OC)c1.COC(=O)c1ccc(OCCBr)c(OC)c1. The fraction of sp³-hybridized carbons (Fsp3) is 0.364. The fourth-order valence-corrected chi connectivity index (χ4v) is 2.26. The zero-order valence-electron chi connectivity index (χ0n) is 18.7. The number of phenolic OH excluding ortho intramolecular Hbond substituents is 1. The second-order valence-corrected chi connectivity index (χ2v) is 8.03. The molecule has 2 aromatic rings. The van der Waals surface area contributed by atoms with E-state index in [1.165, 1.54) is 46.6 Å². The van der Waals surface area contributed by atoms with Crippen molar-refractivity contribution in [2.24, 2.45) is 0 Å². The van der Waals surface area contributed by atoms with Gasteiger partial charge in [0.25, 0.3) is 0 Å². The van der Waals surface area contributed by atoms with Crippen LogP contribution in [0.4, 0.5) is 0 Å². The van der Waals surface area contributed by atoms with Gasteiger partial charge in [-0.25, -0.2) is 9.59 Å². The summed E-state index contributed by atoms with van der Waals surface area (Å²) in [6.45, 7) is 0.536. The van der Waals surface area contributed by atoms with Gasteiger partial charge in [-0.1, -0.05) is 47.8 Å². The van der Waals surface area contributed by atoms with Gasteiger partial charge in [-0.05, 0) is 36.4 Å². The molecule has 0 bridgehead atoms. The van der Waals surface area contributed by atoms with Gasteiger partial charge in [0.15, 0.2) is 23.0 Å². The number of halogens is 3. The van der Waals surface area contributed by atoms with Gasteiger partial charge in [0.2, 0.25) is 0 Å². The van der Waals surface area contributed by atoms with E-state index in [9.17, 15) is 14.7 Å². The van der Waals surface area contributed by atoms with Crippen LogP contribution in [0.3, 0.4) is 0 Å². The van der Waals surface area contributed by atoms with Crippen molar-refractivity contribution in [3.05, 3.63) is 47.5 Å². The maximum atomic E-state index is 11.3. The Balaban J connectivity index is 0.000000542. The first-order valence-electron chi connectivity index (χ1n) is 9.35. The van der Waals surface area contributed by atoms with Crippen LogP contribution in [0.5, 0.6) is 23.0 Å². The number of ether oxygens (including phenoxy) is 5. The van der Waals surface area contributed by atoms with E-state index in [0.717, 1.165) is 16.0 Å². The normalized spacial score (nSPS) is 9.30. The minimum absolute atomic E-state index is 0.00449. The number of rotatable bonds is 8. The van der Waals surface area contributed by atoms with Crippen molar-refractivity contribution in [1.82, 2.24) is 0 Å². The van der Waals surface area contributed by atoms with E-state index in [0.29, 0.717) is 29.2 Å². The molecule has 0 aliphatic heterocycles. The Morgan fingerprint density at radius 1 is 0.727 bits per heavy atom. The third-order valence-corrected chi connectivity index (χ3v) is 5.77. The van der Waals surface area contributed by atoms with Crippen LogP contribution in [0.2, 0.25) is 0 Å². The summed E-state index contributed by atoms with van der Waals surface area (Å²) in [5, 5.41) is 12.0. The number of hydrogen-bond acceptors (Lipinski definition) is 8. The number of benzene rings is 2. The van der Waals surface area contributed by atoms with Crippen molar-refractivity contribution in [3.8, 4) is 23.0 Å². The largest absolute Gasteiger partial charge is 0.504 e. The highest BCUT2D eigenvalue weighted by Crippen LogP contribution is 2.28. The molecule has 184 valence electrons. The van der Waals surface area contributed by atoms with Crippen molar-refractivity contribution < 1.29 is 38.4 Å². The number of esters is 2. The first kappa shape index (κ1) is 31.0. The lowest BCUT2D eigenvalue weighted by atomic mass is 10.2. The van der Waals surface area contributed by atoms with Gasteiger partial charge in [-0.2, -0.15) is 0 Å². The summed E-state index contributed by atoms with van der Waals surface area (Å²) in [5.41, 5.74) is 0.780. The van der Waals surface area contributed by atoms with Crippen LogP contribution in [0.25, 0.3) is 0 Å². The fourth-order valence-electron chi connectivity index (χ4n) is 2.10. The summed E-state index contributed by atoms with van der Waals surface area (Å²) < 4.78 is 24.5. The summed E-state index contributed by atoms with van der Waals surface area (Å²) in [5.74, 6) is 0.514. The highest BCUT2D eigenvalue weighted by Gasteiger charge is 2.11. The molecule has 0 radical (unpaired) electrons. The number of carbonyl (C=O) groups excluding carboxylic acids is 2. The molecule has 0 aliphatic rings. The minimum Gasteiger partial charge on any atom is -0.504 e. The zero-order valence-corrected chi connectivity index (χ0v) is 23.5. The maximum Gasteiger partial charge on any atom is 0.337 e. The number of phenols is 1. The maximum absolute atomic E-state index is 11.3. The number of hydrogen-bond donors (Lipinski definition) is 1. The molecule has 0 heterocycles. The van der Waals surface area contributed by atoms with Crippen molar-refractivity contribution in [2.45, 2.75) is 0 Å². The van der Waals surface area contributed by atoms with Gasteiger partial charge in [0.05, 0.1) is 46.2 Å². The van der Waals surface area contributed by atoms with Gasteiger partial charge in [0, 0.05) is 16.0 Å². The van der Waals surface area contributed by atoms with E-state index in [1.54, 1.807) is 18.2 Å². The average Bonchev–Trinajstić information content (AvgIpc) is 2.87. The number of alkyl halides is 3. The first-order chi connectivity index (χ1) is 15.8. The van der Waals surface area contributed by atoms with Crippen LogP contribution < -0.4 is 14.2 Å². The van der Waals surface area contributed by atoms with Gasteiger partial charge in [-0.3, -0.25) is 0 Å².